The molecule has 0 aliphatic carbocycles. The van der Waals surface area contributed by atoms with Crippen molar-refractivity contribution >= 4 is 28.2 Å². The van der Waals surface area contributed by atoms with E-state index < -0.39 is 4.92 Å². The molecule has 2 heterocycles. The third kappa shape index (κ3) is 3.68. The number of halogens is 1. The van der Waals surface area contributed by atoms with Crippen molar-refractivity contribution < 1.29 is 14.1 Å². The lowest BCUT2D eigenvalue weighted by atomic mass is 9.98. The van der Waals surface area contributed by atoms with Crippen LogP contribution in [-0.4, -0.2) is 27.3 Å². The fourth-order valence-corrected chi connectivity index (χ4v) is 4.01. The molecule has 0 saturated carbocycles. The fraction of sp³-hybridized carbons (Fsp3) is 0.273. The van der Waals surface area contributed by atoms with Crippen LogP contribution in [-0.2, 0) is 11.3 Å². The number of nitrogens with one attached hydrogen (secondary N) is 1. The van der Waals surface area contributed by atoms with E-state index >= 15 is 0 Å². The lowest BCUT2D eigenvalue weighted by Gasteiger charge is -2.22. The SMILES string of the molecule is CC(=O)N1CCC(Nc2cc(C)nc3c([N+](=O)[O-])cccc23)c2ccc(F)cc2C1. The number of nitro groups is 1. The number of carbonyl (C=O) groups excluding carboxylic acids is 1. The molecule has 30 heavy (non-hydrogen) atoms. The zero-order chi connectivity index (χ0) is 21.4. The lowest BCUT2D eigenvalue weighted by Crippen LogP contribution is -2.28. The number of para-hydroxylation sites is 1. The molecule has 8 heteroatoms. The van der Waals surface area contributed by atoms with Gasteiger partial charge in [0.25, 0.3) is 5.69 Å². The van der Waals surface area contributed by atoms with Crippen LogP contribution in [0.5, 0.6) is 0 Å². The van der Waals surface area contributed by atoms with Gasteiger partial charge in [-0.2, -0.15) is 0 Å². The van der Waals surface area contributed by atoms with Crippen molar-refractivity contribution in [3.8, 4) is 0 Å². The van der Waals surface area contributed by atoms with Gasteiger partial charge >= 0.3 is 0 Å². The molecule has 1 N–H and O–H groups in total. The molecule has 0 bridgehead atoms. The van der Waals surface area contributed by atoms with E-state index in [1.807, 2.05) is 6.07 Å². The molecule has 1 aliphatic rings. The third-order valence-corrected chi connectivity index (χ3v) is 5.45. The number of benzene rings is 2. The molecule has 7 nitrogen and oxygen atoms in total. The largest absolute Gasteiger partial charge is 0.378 e. The van der Waals surface area contributed by atoms with Crippen LogP contribution in [0.4, 0.5) is 15.8 Å². The average molecular weight is 408 g/mol. The molecule has 154 valence electrons. The topological polar surface area (TPSA) is 88.4 Å². The first-order valence-corrected chi connectivity index (χ1v) is 9.68. The molecule has 1 atom stereocenters. The van der Waals surface area contributed by atoms with Gasteiger partial charge in [0.1, 0.15) is 5.82 Å². The van der Waals surface area contributed by atoms with E-state index in [2.05, 4.69) is 10.3 Å². The fourth-order valence-electron chi connectivity index (χ4n) is 4.01. The van der Waals surface area contributed by atoms with E-state index in [1.54, 1.807) is 30.0 Å². The highest BCUT2D eigenvalue weighted by atomic mass is 19.1. The molecule has 0 spiro atoms. The highest BCUT2D eigenvalue weighted by molar-refractivity contribution is 5.96. The smallest absolute Gasteiger partial charge is 0.295 e. The van der Waals surface area contributed by atoms with Crippen LogP contribution < -0.4 is 5.32 Å². The van der Waals surface area contributed by atoms with Gasteiger partial charge in [-0.15, -0.1) is 0 Å². The van der Waals surface area contributed by atoms with Crippen molar-refractivity contribution in [3.05, 3.63) is 75.2 Å². The molecule has 4 rings (SSSR count). The van der Waals surface area contributed by atoms with Crippen LogP contribution in [0.15, 0.2) is 42.5 Å². The summed E-state index contributed by atoms with van der Waals surface area (Å²) in [5, 5.41) is 15.6. The van der Waals surface area contributed by atoms with E-state index in [1.165, 1.54) is 25.1 Å². The quantitative estimate of drug-likeness (QED) is 0.509. The Morgan fingerprint density at radius 3 is 2.83 bits per heavy atom. The van der Waals surface area contributed by atoms with Gasteiger partial charge in [0.2, 0.25) is 5.91 Å². The number of fused-ring (bicyclic) bond motifs is 2. The molecular formula is C22H21FN4O3. The van der Waals surface area contributed by atoms with Gasteiger partial charge in [-0.1, -0.05) is 18.2 Å². The summed E-state index contributed by atoms with van der Waals surface area (Å²) in [7, 11) is 0. The van der Waals surface area contributed by atoms with E-state index in [0.717, 1.165) is 16.8 Å². The summed E-state index contributed by atoms with van der Waals surface area (Å²) in [6, 6.07) is 11.1. The Kier molecular flexibility index (Phi) is 5.07. The summed E-state index contributed by atoms with van der Waals surface area (Å²) < 4.78 is 13.9. The molecule has 0 fully saturated rings. The van der Waals surface area contributed by atoms with E-state index in [0.29, 0.717) is 36.1 Å². The van der Waals surface area contributed by atoms with Crippen LogP contribution in [0.1, 0.15) is 36.2 Å². The van der Waals surface area contributed by atoms with E-state index in [4.69, 9.17) is 0 Å². The van der Waals surface area contributed by atoms with Crippen molar-refractivity contribution in [3.63, 3.8) is 0 Å². The Balaban J connectivity index is 1.79. The number of nitro benzene ring substituents is 1. The van der Waals surface area contributed by atoms with Crippen molar-refractivity contribution in [2.24, 2.45) is 0 Å². The zero-order valence-corrected chi connectivity index (χ0v) is 16.7. The van der Waals surface area contributed by atoms with Gasteiger partial charge in [0.05, 0.1) is 11.0 Å². The molecule has 1 amide bonds. The molecule has 1 unspecified atom stereocenters. The third-order valence-electron chi connectivity index (χ3n) is 5.45. The van der Waals surface area contributed by atoms with Crippen molar-refractivity contribution in [2.45, 2.75) is 32.9 Å². The standard InChI is InChI=1S/C22H21FN4O3/c1-13-10-20(18-4-3-5-21(27(29)30)22(18)24-13)25-19-8-9-26(14(2)28)12-15-11-16(23)6-7-17(15)19/h3-7,10-11,19H,8-9,12H2,1-2H3,(H,24,25). The number of carbonyl (C=O) groups is 1. The van der Waals surface area contributed by atoms with E-state index in [-0.39, 0.29) is 23.5 Å². The summed E-state index contributed by atoms with van der Waals surface area (Å²) in [4.78, 5) is 29.0. The first-order valence-electron chi connectivity index (χ1n) is 9.68. The summed E-state index contributed by atoms with van der Waals surface area (Å²) in [6.45, 7) is 4.16. The predicted octanol–water partition coefficient (Wildman–Crippen LogP) is 4.50. The Bertz CT molecular complexity index is 1160. The van der Waals surface area contributed by atoms with Gasteiger partial charge in [-0.05, 0) is 42.7 Å². The first kappa shape index (κ1) is 19.8. The maximum absolute atomic E-state index is 13.9. The van der Waals surface area contributed by atoms with Crippen molar-refractivity contribution in [1.82, 2.24) is 9.88 Å². The maximum atomic E-state index is 13.9. The maximum Gasteiger partial charge on any atom is 0.295 e. The minimum atomic E-state index is -0.437. The monoisotopic (exact) mass is 408 g/mol. The van der Waals surface area contributed by atoms with Gasteiger partial charge in [0, 0.05) is 42.8 Å². The normalized spacial score (nSPS) is 16.1. The minimum absolute atomic E-state index is 0.0506. The molecule has 0 radical (unpaired) electrons. The number of amides is 1. The van der Waals surface area contributed by atoms with Gasteiger partial charge < -0.3 is 10.2 Å². The average Bonchev–Trinajstić information content (AvgIpc) is 2.86. The molecule has 2 aromatic carbocycles. The second kappa shape index (κ2) is 7.70. The molecular weight excluding hydrogens is 387 g/mol. The van der Waals surface area contributed by atoms with Crippen molar-refractivity contribution in [2.75, 3.05) is 11.9 Å². The highest BCUT2D eigenvalue weighted by Gasteiger charge is 2.25. The summed E-state index contributed by atoms with van der Waals surface area (Å²) in [6.07, 6.45) is 0.621. The number of anilines is 1. The Hall–Kier alpha value is -3.55. The Morgan fingerprint density at radius 2 is 2.10 bits per heavy atom. The number of hydrogen-bond acceptors (Lipinski definition) is 5. The van der Waals surface area contributed by atoms with E-state index in [9.17, 15) is 19.3 Å². The molecule has 3 aromatic rings. The molecule has 1 aromatic heterocycles. The van der Waals surface area contributed by atoms with Crippen LogP contribution in [0.3, 0.4) is 0 Å². The van der Waals surface area contributed by atoms with Crippen LogP contribution in [0, 0.1) is 22.9 Å². The number of aromatic nitrogens is 1. The summed E-state index contributed by atoms with van der Waals surface area (Å²) >= 11 is 0. The second-order valence-electron chi connectivity index (χ2n) is 7.51. The number of hydrogen-bond donors (Lipinski definition) is 1. The number of nitrogens with zero attached hydrogens (tertiary/aromatic N) is 3. The zero-order valence-electron chi connectivity index (χ0n) is 16.7. The second-order valence-corrected chi connectivity index (χ2v) is 7.51. The Morgan fingerprint density at radius 1 is 1.30 bits per heavy atom. The predicted molar refractivity (Wildman–Crippen MR) is 112 cm³/mol. The minimum Gasteiger partial charge on any atom is -0.378 e. The number of non-ortho nitro benzene ring substituents is 1. The summed E-state index contributed by atoms with van der Waals surface area (Å²) in [5.74, 6) is -0.412. The van der Waals surface area contributed by atoms with Crippen LogP contribution in [0.2, 0.25) is 0 Å². The molecule has 1 aliphatic heterocycles. The van der Waals surface area contributed by atoms with Crippen LogP contribution in [0.25, 0.3) is 10.9 Å². The van der Waals surface area contributed by atoms with Gasteiger partial charge in [0.15, 0.2) is 5.52 Å². The summed E-state index contributed by atoms with van der Waals surface area (Å²) in [5.41, 5.74) is 3.30. The van der Waals surface area contributed by atoms with Crippen molar-refractivity contribution in [1.29, 1.82) is 0 Å². The number of rotatable bonds is 3. The number of aryl methyl sites for hydroxylation is 1. The highest BCUT2D eigenvalue weighted by Crippen LogP contribution is 2.35. The lowest BCUT2D eigenvalue weighted by molar-refractivity contribution is -0.383. The van der Waals surface area contributed by atoms with Gasteiger partial charge in [-0.25, -0.2) is 9.37 Å². The first-order chi connectivity index (χ1) is 14.3. The van der Waals surface area contributed by atoms with Gasteiger partial charge in [-0.3, -0.25) is 14.9 Å². The molecule has 0 saturated heterocycles. The van der Waals surface area contributed by atoms with Crippen LogP contribution >= 0.6 is 0 Å². The number of pyridine rings is 1. The Labute approximate surface area is 172 Å².